The first kappa shape index (κ1) is 34.9. The first-order valence-electron chi connectivity index (χ1n) is 16.7. The molecule has 6 saturated heterocycles. The quantitative estimate of drug-likeness (QED) is 0.202. The summed E-state index contributed by atoms with van der Waals surface area (Å²) < 4.78 is 37.7. The minimum Gasteiger partial charge on any atom is -0.393 e. The Morgan fingerprint density at radius 3 is 1.86 bits per heavy atom. The maximum absolute atomic E-state index is 12.3. The lowest BCUT2D eigenvalue weighted by atomic mass is 9.57. The molecule has 0 amide bonds. The van der Waals surface area contributed by atoms with Crippen LogP contribution in [0.25, 0.3) is 0 Å². The molecule has 6 unspecified atom stereocenters. The van der Waals surface area contributed by atoms with Gasteiger partial charge in [-0.3, -0.25) is 0 Å². The zero-order valence-corrected chi connectivity index (χ0v) is 28.2. The van der Waals surface area contributed by atoms with Gasteiger partial charge in [-0.2, -0.15) is 0 Å². The largest absolute Gasteiger partial charge is 0.393 e. The summed E-state index contributed by atoms with van der Waals surface area (Å²) in [6.45, 7) is 11.4. The molecular formula is C33H58O11. The second kappa shape index (κ2) is 10.8. The Morgan fingerprint density at radius 1 is 0.659 bits per heavy atom. The normalized spacial score (nSPS) is 53.9. The highest BCUT2D eigenvalue weighted by Crippen LogP contribution is 2.69. The molecule has 0 spiro atoms. The SMILES string of the molecule is CC1(O)C2(C)OC(CO)(O[C@]1(C)O[C@]1(C)C3(CO)CO[C@@](C)(OCCCCCCC4CCCCC4)C(C)(O)C1(C)O3)[C@@]2(C)O. The van der Waals surface area contributed by atoms with Crippen molar-refractivity contribution in [2.75, 3.05) is 26.4 Å². The average molecular weight is 631 g/mol. The number of aliphatic hydroxyl groups excluding tert-OH is 2. The van der Waals surface area contributed by atoms with Crippen LogP contribution in [0.3, 0.4) is 0 Å². The van der Waals surface area contributed by atoms with E-state index in [-0.39, 0.29) is 6.61 Å². The van der Waals surface area contributed by atoms with Crippen LogP contribution < -0.4 is 0 Å². The summed E-state index contributed by atoms with van der Waals surface area (Å²) in [7, 11) is 0. The first-order valence-corrected chi connectivity index (χ1v) is 16.7. The Morgan fingerprint density at radius 2 is 1.27 bits per heavy atom. The predicted octanol–water partition coefficient (Wildman–Crippen LogP) is 3.05. The molecule has 7 fully saturated rings. The van der Waals surface area contributed by atoms with Crippen LogP contribution >= 0.6 is 0 Å². The summed E-state index contributed by atoms with van der Waals surface area (Å²) in [6, 6.07) is 0. The Bertz CT molecular complexity index is 1080. The van der Waals surface area contributed by atoms with Crippen molar-refractivity contribution in [3.63, 3.8) is 0 Å². The Hall–Kier alpha value is -0.440. The second-order valence-electron chi connectivity index (χ2n) is 15.5. The van der Waals surface area contributed by atoms with Crippen LogP contribution in [0.1, 0.15) is 120 Å². The van der Waals surface area contributed by atoms with Crippen molar-refractivity contribution >= 4 is 0 Å². The van der Waals surface area contributed by atoms with Gasteiger partial charge in [0.05, 0.1) is 19.8 Å². The van der Waals surface area contributed by atoms with Crippen molar-refractivity contribution in [1.29, 1.82) is 0 Å². The molecule has 10 atom stereocenters. The molecule has 0 aromatic rings. The van der Waals surface area contributed by atoms with Gasteiger partial charge in [-0.15, -0.1) is 0 Å². The molecule has 5 N–H and O–H groups in total. The van der Waals surface area contributed by atoms with Gasteiger partial charge in [0.25, 0.3) is 0 Å². The lowest BCUT2D eigenvalue weighted by Crippen LogP contribution is -2.97. The van der Waals surface area contributed by atoms with Crippen LogP contribution in [0, 0.1) is 5.92 Å². The van der Waals surface area contributed by atoms with Gasteiger partial charge in [0.1, 0.15) is 45.8 Å². The number of unbranched alkanes of at least 4 members (excludes halogenated alkanes) is 3. The minimum absolute atomic E-state index is 0.182. The van der Waals surface area contributed by atoms with Gasteiger partial charge in [-0.25, -0.2) is 0 Å². The van der Waals surface area contributed by atoms with Crippen LogP contribution in [0.5, 0.6) is 0 Å². The molecule has 0 aromatic carbocycles. The van der Waals surface area contributed by atoms with Gasteiger partial charge in [0.2, 0.25) is 11.6 Å². The summed E-state index contributed by atoms with van der Waals surface area (Å²) in [6.07, 6.45) is 12.3. The zero-order chi connectivity index (χ0) is 32.7. The molecule has 6 aliphatic heterocycles. The summed E-state index contributed by atoms with van der Waals surface area (Å²) >= 11 is 0. The Kier molecular flexibility index (Phi) is 8.55. The number of hydrogen-bond acceptors (Lipinski definition) is 11. The highest BCUT2D eigenvalue weighted by atomic mass is 16.9. The second-order valence-corrected chi connectivity index (χ2v) is 15.5. The van der Waals surface area contributed by atoms with Gasteiger partial charge >= 0.3 is 0 Å². The lowest BCUT2D eigenvalue weighted by Gasteiger charge is -2.77. The number of ether oxygens (including phenoxy) is 6. The third kappa shape index (κ3) is 4.20. The van der Waals surface area contributed by atoms with E-state index < -0.39 is 69.8 Å². The van der Waals surface area contributed by atoms with Gasteiger partial charge in [-0.05, 0) is 67.7 Å². The summed E-state index contributed by atoms with van der Waals surface area (Å²) in [5.74, 6) is -4.41. The van der Waals surface area contributed by atoms with E-state index in [0.29, 0.717) is 6.61 Å². The lowest BCUT2D eigenvalue weighted by molar-refractivity contribution is -0.621. The number of hydrogen-bond donors (Lipinski definition) is 5. The van der Waals surface area contributed by atoms with E-state index in [4.69, 9.17) is 28.4 Å². The van der Waals surface area contributed by atoms with Crippen molar-refractivity contribution in [2.24, 2.45) is 5.92 Å². The molecule has 0 aromatic heterocycles. The number of aliphatic hydroxyl groups is 5. The standard InChI is InChI=1S/C33H58O11/c1-24(36)27(4)26(3,38)33(21-35,43-27)44-31(24,8)41-29(6)28(5)25(2,37)30(7,40-22-32(29,20-34)42-28)39-19-15-10-9-12-16-23-17-13-11-14-18-23/h23,34-38H,9-22H2,1-8H3/t24?,25?,26-,27?,28?,29-,30+,31-,32?,33?/m0/s1. The number of rotatable bonds is 12. The van der Waals surface area contributed by atoms with E-state index in [1.165, 1.54) is 72.6 Å². The Balaban J connectivity index is 1.31. The van der Waals surface area contributed by atoms with E-state index in [9.17, 15) is 25.5 Å². The van der Waals surface area contributed by atoms with Gasteiger partial charge in [0.15, 0.2) is 5.79 Å². The van der Waals surface area contributed by atoms with Crippen molar-refractivity contribution in [3.05, 3.63) is 0 Å². The van der Waals surface area contributed by atoms with Gasteiger partial charge < -0.3 is 54.0 Å². The molecule has 7 aliphatic rings. The third-order valence-corrected chi connectivity index (χ3v) is 13.3. The molecule has 4 bridgehead atoms. The third-order valence-electron chi connectivity index (χ3n) is 13.3. The molecule has 11 heteroatoms. The van der Waals surface area contributed by atoms with E-state index >= 15 is 0 Å². The fraction of sp³-hybridized carbons (Fsp3) is 1.00. The van der Waals surface area contributed by atoms with Crippen molar-refractivity contribution in [3.8, 4) is 0 Å². The van der Waals surface area contributed by atoms with Crippen molar-refractivity contribution in [1.82, 2.24) is 0 Å². The van der Waals surface area contributed by atoms with E-state index in [1.807, 2.05) is 0 Å². The zero-order valence-electron chi connectivity index (χ0n) is 28.2. The van der Waals surface area contributed by atoms with E-state index in [0.717, 1.165) is 25.2 Å². The molecule has 1 aliphatic carbocycles. The van der Waals surface area contributed by atoms with Gasteiger partial charge in [-0.1, -0.05) is 57.8 Å². The molecule has 11 nitrogen and oxygen atoms in total. The van der Waals surface area contributed by atoms with Gasteiger partial charge in [0, 0.05) is 0 Å². The summed E-state index contributed by atoms with van der Waals surface area (Å²) in [5, 5.41) is 56.4. The average Bonchev–Trinajstić information content (AvgIpc) is 3.06. The fourth-order valence-corrected chi connectivity index (χ4v) is 8.88. The monoisotopic (exact) mass is 630 g/mol. The fourth-order valence-electron chi connectivity index (χ4n) is 8.88. The highest BCUT2D eigenvalue weighted by molar-refractivity contribution is 5.33. The summed E-state index contributed by atoms with van der Waals surface area (Å²) in [4.78, 5) is 0. The highest BCUT2D eigenvalue weighted by Gasteiger charge is 2.90. The van der Waals surface area contributed by atoms with Crippen LogP contribution in [-0.4, -0.2) is 109 Å². The molecule has 0 radical (unpaired) electrons. The smallest absolute Gasteiger partial charge is 0.227 e. The van der Waals surface area contributed by atoms with Crippen LogP contribution in [-0.2, 0) is 28.4 Å². The summed E-state index contributed by atoms with van der Waals surface area (Å²) in [5.41, 5.74) is -11.7. The molecule has 44 heavy (non-hydrogen) atoms. The van der Waals surface area contributed by atoms with Crippen LogP contribution in [0.2, 0.25) is 0 Å². The molecule has 6 heterocycles. The minimum atomic E-state index is -1.97. The first-order chi connectivity index (χ1) is 20.2. The molecular weight excluding hydrogens is 572 g/mol. The van der Waals surface area contributed by atoms with E-state index in [2.05, 4.69) is 0 Å². The van der Waals surface area contributed by atoms with Crippen molar-refractivity contribution < 1.29 is 54.0 Å². The predicted molar refractivity (Wildman–Crippen MR) is 159 cm³/mol. The molecule has 256 valence electrons. The number of fused-ring (bicyclic) bond motifs is 5. The maximum atomic E-state index is 12.3. The van der Waals surface area contributed by atoms with Crippen LogP contribution in [0.15, 0.2) is 0 Å². The van der Waals surface area contributed by atoms with E-state index in [1.54, 1.807) is 27.7 Å². The molecule has 1 saturated carbocycles. The maximum Gasteiger partial charge on any atom is 0.227 e. The molecule has 7 rings (SSSR count). The van der Waals surface area contributed by atoms with Crippen LogP contribution in [0.4, 0.5) is 0 Å². The Labute approximate surface area is 262 Å². The van der Waals surface area contributed by atoms with Crippen molar-refractivity contribution in [2.45, 2.75) is 176 Å². The topological polar surface area (TPSA) is 157 Å².